The van der Waals surface area contributed by atoms with Crippen LogP contribution >= 0.6 is 11.8 Å². The van der Waals surface area contributed by atoms with Crippen LogP contribution in [-0.2, 0) is 16.1 Å². The summed E-state index contributed by atoms with van der Waals surface area (Å²) in [4.78, 5) is 35.3. The highest BCUT2D eigenvalue weighted by molar-refractivity contribution is 8.13. The molecule has 2 fully saturated rings. The van der Waals surface area contributed by atoms with Crippen molar-refractivity contribution in [3.8, 4) is 0 Å². The van der Waals surface area contributed by atoms with Crippen molar-refractivity contribution < 1.29 is 14.3 Å². The van der Waals surface area contributed by atoms with E-state index in [1.54, 1.807) is 18.8 Å². The van der Waals surface area contributed by atoms with Crippen molar-refractivity contribution in [2.45, 2.75) is 18.8 Å². The maximum atomic E-state index is 12.6. The average Bonchev–Trinajstić information content (AvgIpc) is 3.07. The minimum absolute atomic E-state index is 0.281. The number of thioether (sulfide) groups is 1. The van der Waals surface area contributed by atoms with Crippen LogP contribution in [0.15, 0.2) is 35.3 Å². The third-order valence-electron chi connectivity index (χ3n) is 5.26. The number of benzene rings is 1. The Labute approximate surface area is 168 Å². The number of amidine groups is 1. The van der Waals surface area contributed by atoms with Gasteiger partial charge < -0.3 is 14.5 Å². The zero-order valence-corrected chi connectivity index (χ0v) is 16.7. The monoisotopic (exact) mass is 403 g/mol. The Hall–Kier alpha value is -2.10. The van der Waals surface area contributed by atoms with E-state index in [9.17, 15) is 9.59 Å². The minimum Gasteiger partial charge on any atom is -0.379 e. The van der Waals surface area contributed by atoms with E-state index in [4.69, 9.17) is 9.73 Å². The van der Waals surface area contributed by atoms with Gasteiger partial charge in [0.25, 0.3) is 5.91 Å². The molecule has 3 aliphatic heterocycles. The number of hydrogen-bond donors (Lipinski definition) is 1. The summed E-state index contributed by atoms with van der Waals surface area (Å²) < 4.78 is 5.40. The van der Waals surface area contributed by atoms with E-state index in [0.29, 0.717) is 6.54 Å². The molecule has 3 amide bonds. The van der Waals surface area contributed by atoms with Crippen LogP contribution in [0.2, 0.25) is 0 Å². The van der Waals surface area contributed by atoms with E-state index in [-0.39, 0.29) is 5.91 Å². The van der Waals surface area contributed by atoms with Crippen LogP contribution in [0, 0.1) is 0 Å². The summed E-state index contributed by atoms with van der Waals surface area (Å²) in [6.45, 7) is 4.99. The Bertz CT molecular complexity index is 753. The summed E-state index contributed by atoms with van der Waals surface area (Å²) >= 11 is 1.65. The molecule has 1 aromatic rings. The normalized spacial score (nSPS) is 25.5. The van der Waals surface area contributed by atoms with Crippen LogP contribution < -0.4 is 5.32 Å². The van der Waals surface area contributed by atoms with E-state index in [1.165, 1.54) is 4.90 Å². The predicted octanol–water partition coefficient (Wildman–Crippen LogP) is 0.800. The highest BCUT2D eigenvalue weighted by Gasteiger charge is 2.48. The summed E-state index contributed by atoms with van der Waals surface area (Å²) in [5.74, 6) is 0.597. The van der Waals surface area contributed by atoms with E-state index >= 15 is 0 Å². The van der Waals surface area contributed by atoms with Gasteiger partial charge in [-0.2, -0.15) is 0 Å². The van der Waals surface area contributed by atoms with E-state index in [0.717, 1.165) is 49.3 Å². The summed E-state index contributed by atoms with van der Waals surface area (Å²) in [6, 6.07) is 9.15. The van der Waals surface area contributed by atoms with Crippen LogP contribution in [0.25, 0.3) is 0 Å². The lowest BCUT2D eigenvalue weighted by Crippen LogP contribution is -2.63. The number of fused-ring (bicyclic) bond motifs is 1. The molecule has 28 heavy (non-hydrogen) atoms. The number of nitrogens with zero attached hydrogens (tertiary/aromatic N) is 4. The van der Waals surface area contributed by atoms with Crippen LogP contribution in [0.4, 0.5) is 4.79 Å². The molecule has 0 radical (unpaired) electrons. The van der Waals surface area contributed by atoms with E-state index in [2.05, 4.69) is 10.2 Å². The molecular weight excluding hydrogens is 378 g/mol. The Morgan fingerprint density at radius 2 is 1.96 bits per heavy atom. The number of morpholine rings is 1. The first-order chi connectivity index (χ1) is 13.6. The highest BCUT2D eigenvalue weighted by atomic mass is 32.2. The molecule has 3 aliphatic rings. The Morgan fingerprint density at radius 3 is 2.71 bits per heavy atom. The molecule has 0 bridgehead atoms. The molecule has 1 aromatic carbocycles. The van der Waals surface area contributed by atoms with Crippen molar-refractivity contribution in [1.82, 2.24) is 20.0 Å². The zero-order chi connectivity index (χ0) is 19.5. The van der Waals surface area contributed by atoms with Crippen molar-refractivity contribution in [2.24, 2.45) is 4.99 Å². The topological polar surface area (TPSA) is 77.5 Å². The smallest absolute Gasteiger partial charge is 0.325 e. The Morgan fingerprint density at radius 1 is 1.21 bits per heavy atom. The first-order valence-electron chi connectivity index (χ1n) is 9.52. The number of ether oxygens (including phenoxy) is 1. The molecule has 4 rings (SSSR count). The molecule has 0 aromatic heterocycles. The molecule has 2 atom stereocenters. The first-order valence-corrected chi connectivity index (χ1v) is 10.5. The van der Waals surface area contributed by atoms with Crippen molar-refractivity contribution in [3.63, 3.8) is 0 Å². The number of aliphatic imine (C=N–C) groups is 1. The van der Waals surface area contributed by atoms with Crippen LogP contribution in [0.5, 0.6) is 0 Å². The van der Waals surface area contributed by atoms with E-state index in [1.807, 2.05) is 35.2 Å². The second-order valence-corrected chi connectivity index (χ2v) is 8.15. The molecule has 0 aliphatic carbocycles. The molecule has 0 spiro atoms. The molecule has 2 saturated heterocycles. The van der Waals surface area contributed by atoms with Gasteiger partial charge in [0.2, 0.25) is 0 Å². The van der Waals surface area contributed by atoms with Gasteiger partial charge in [0.05, 0.1) is 13.2 Å². The van der Waals surface area contributed by atoms with Crippen molar-refractivity contribution >= 4 is 28.9 Å². The quantitative estimate of drug-likeness (QED) is 0.784. The average molecular weight is 404 g/mol. The maximum Gasteiger partial charge on any atom is 0.325 e. The van der Waals surface area contributed by atoms with Crippen LogP contribution in [-0.4, -0.2) is 89.7 Å². The fourth-order valence-electron chi connectivity index (χ4n) is 3.66. The number of carbonyl (C=O) groups excluding carboxylic acids is 2. The van der Waals surface area contributed by atoms with Gasteiger partial charge in [-0.05, 0) is 5.56 Å². The zero-order valence-electron chi connectivity index (χ0n) is 15.9. The van der Waals surface area contributed by atoms with Crippen molar-refractivity contribution in [1.29, 1.82) is 0 Å². The third-order valence-corrected chi connectivity index (χ3v) is 6.25. The minimum atomic E-state index is -0.492. The highest BCUT2D eigenvalue weighted by Crippen LogP contribution is 2.30. The van der Waals surface area contributed by atoms with Crippen molar-refractivity contribution in [3.05, 3.63) is 35.9 Å². The number of likely N-dealkylation sites (N-methyl/N-ethyl adjacent to an activating group) is 1. The lowest BCUT2D eigenvalue weighted by atomic mass is 10.1. The fraction of sp³-hybridized carbons (Fsp3) is 0.526. The first kappa shape index (κ1) is 19.2. The third kappa shape index (κ3) is 4.01. The van der Waals surface area contributed by atoms with Crippen LogP contribution in [0.3, 0.4) is 0 Å². The van der Waals surface area contributed by atoms with Gasteiger partial charge in [-0.25, -0.2) is 9.79 Å². The van der Waals surface area contributed by atoms with Gasteiger partial charge in [-0.3, -0.25) is 15.0 Å². The maximum absolute atomic E-state index is 12.6. The van der Waals surface area contributed by atoms with Crippen LogP contribution in [0.1, 0.15) is 5.56 Å². The lowest BCUT2D eigenvalue weighted by Gasteiger charge is -2.36. The summed E-state index contributed by atoms with van der Waals surface area (Å²) in [6.07, 6.45) is -0.476. The number of urea groups is 1. The molecule has 8 nitrogen and oxygen atoms in total. The van der Waals surface area contributed by atoms with Gasteiger partial charge >= 0.3 is 6.03 Å². The Balaban J connectivity index is 1.48. The largest absolute Gasteiger partial charge is 0.379 e. The SMILES string of the molecule is CN1C(=O)NC(=O)C2C1N=C(SCCN1CCOCC1)N2Cc1ccccc1. The number of imide groups is 1. The molecule has 9 heteroatoms. The number of rotatable bonds is 5. The molecule has 3 heterocycles. The summed E-state index contributed by atoms with van der Waals surface area (Å²) in [5, 5.41) is 3.27. The van der Waals surface area contributed by atoms with Gasteiger partial charge in [0, 0.05) is 39.0 Å². The van der Waals surface area contributed by atoms with Gasteiger partial charge in [0.1, 0.15) is 0 Å². The standard InChI is InChI=1S/C19H25N5O3S/c1-22-16-15(17(25)21-18(22)26)24(13-14-5-3-2-4-6-14)19(20-16)28-12-9-23-7-10-27-11-8-23/h2-6,15-16H,7-13H2,1H3,(H,21,25,26). The molecule has 0 saturated carbocycles. The number of hydrogen-bond acceptors (Lipinski definition) is 7. The molecule has 2 unspecified atom stereocenters. The summed E-state index contributed by atoms with van der Waals surface area (Å²) in [5.41, 5.74) is 1.11. The fourth-order valence-corrected chi connectivity index (χ4v) is 4.72. The van der Waals surface area contributed by atoms with Gasteiger partial charge in [-0.1, -0.05) is 42.1 Å². The van der Waals surface area contributed by atoms with E-state index < -0.39 is 18.2 Å². The molecular formula is C19H25N5O3S. The Kier molecular flexibility index (Phi) is 5.84. The number of carbonyl (C=O) groups is 2. The molecule has 150 valence electrons. The second kappa shape index (κ2) is 8.50. The summed E-state index contributed by atoms with van der Waals surface area (Å²) in [7, 11) is 1.69. The predicted molar refractivity (Wildman–Crippen MR) is 108 cm³/mol. The van der Waals surface area contributed by atoms with Crippen molar-refractivity contribution in [2.75, 3.05) is 45.6 Å². The molecule has 1 N–H and O–H groups in total. The van der Waals surface area contributed by atoms with Gasteiger partial charge in [-0.15, -0.1) is 0 Å². The number of nitrogens with one attached hydrogen (secondary N) is 1. The number of amides is 3. The lowest BCUT2D eigenvalue weighted by molar-refractivity contribution is -0.127. The van der Waals surface area contributed by atoms with Gasteiger partial charge in [0.15, 0.2) is 17.4 Å². The second-order valence-electron chi connectivity index (χ2n) is 7.09.